The maximum Gasteiger partial charge on any atom is 0.407 e. The van der Waals surface area contributed by atoms with Crippen LogP contribution in [0, 0.1) is 10.1 Å². The Morgan fingerprint density at radius 2 is 1.54 bits per heavy atom. The summed E-state index contributed by atoms with van der Waals surface area (Å²) in [6.07, 6.45) is -0.985. The summed E-state index contributed by atoms with van der Waals surface area (Å²) >= 11 is 0. The van der Waals surface area contributed by atoms with Crippen LogP contribution in [0.25, 0.3) is 11.1 Å². The zero-order chi connectivity index (χ0) is 27.4. The molecule has 0 saturated heterocycles. The Kier molecular flexibility index (Phi) is 7.26. The Hall–Kier alpha value is -5.12. The van der Waals surface area contributed by atoms with Gasteiger partial charge in [-0.15, -0.1) is 0 Å². The van der Waals surface area contributed by atoms with E-state index < -0.39 is 23.0 Å². The summed E-state index contributed by atoms with van der Waals surface area (Å²) in [5.41, 5.74) is 4.09. The number of hydrogen-bond acceptors (Lipinski definition) is 7. The van der Waals surface area contributed by atoms with Gasteiger partial charge in [0.1, 0.15) is 30.8 Å². The zero-order valence-corrected chi connectivity index (χ0v) is 20.6. The molecule has 1 aliphatic carbocycles. The zero-order valence-electron chi connectivity index (χ0n) is 20.6. The number of carbonyl (C=O) groups excluding carboxylic acids is 1. The monoisotopic (exact) mass is 528 g/mol. The number of carbonyl (C=O) groups is 2. The highest BCUT2D eigenvalue weighted by Crippen LogP contribution is 2.44. The van der Waals surface area contributed by atoms with Crippen molar-refractivity contribution in [1.82, 2.24) is 5.32 Å². The predicted molar refractivity (Wildman–Crippen MR) is 139 cm³/mol. The van der Waals surface area contributed by atoms with E-state index in [9.17, 15) is 24.8 Å². The van der Waals surface area contributed by atoms with Crippen LogP contribution in [0.3, 0.4) is 0 Å². The van der Waals surface area contributed by atoms with E-state index in [0.717, 1.165) is 22.3 Å². The van der Waals surface area contributed by atoms with Crippen molar-refractivity contribution in [3.8, 4) is 16.9 Å². The molecule has 198 valence electrons. The summed E-state index contributed by atoms with van der Waals surface area (Å²) in [6.45, 7) is -0.0392. The van der Waals surface area contributed by atoms with Crippen molar-refractivity contribution >= 4 is 17.7 Å². The lowest BCUT2D eigenvalue weighted by Crippen LogP contribution is -2.42. The van der Waals surface area contributed by atoms with Crippen LogP contribution in [0.1, 0.15) is 28.6 Å². The van der Waals surface area contributed by atoms with E-state index in [4.69, 9.17) is 13.9 Å². The van der Waals surface area contributed by atoms with Gasteiger partial charge in [-0.25, -0.2) is 9.59 Å². The molecule has 1 atom stereocenters. The summed E-state index contributed by atoms with van der Waals surface area (Å²) in [5, 5.41) is 23.2. The molecule has 2 N–H and O–H groups in total. The van der Waals surface area contributed by atoms with Crippen LogP contribution in [0.2, 0.25) is 0 Å². The molecule has 0 bridgehead atoms. The molecule has 5 rings (SSSR count). The van der Waals surface area contributed by atoms with E-state index >= 15 is 0 Å². The maximum absolute atomic E-state index is 12.6. The van der Waals surface area contributed by atoms with E-state index in [1.165, 1.54) is 18.2 Å². The Morgan fingerprint density at radius 3 is 2.21 bits per heavy atom. The van der Waals surface area contributed by atoms with Crippen LogP contribution in [-0.2, 0) is 22.6 Å². The minimum atomic E-state index is -1.30. The van der Waals surface area contributed by atoms with Gasteiger partial charge in [-0.2, -0.15) is 0 Å². The highest BCUT2D eigenvalue weighted by molar-refractivity contribution is 5.81. The fraction of sp³-hybridized carbons (Fsp3) is 0.172. The molecule has 0 fully saturated rings. The van der Waals surface area contributed by atoms with E-state index in [-0.39, 0.29) is 37.0 Å². The number of ether oxygens (including phenoxy) is 2. The Morgan fingerprint density at radius 1 is 0.923 bits per heavy atom. The molecule has 1 aliphatic rings. The van der Waals surface area contributed by atoms with Gasteiger partial charge in [0.05, 0.1) is 4.92 Å². The highest BCUT2D eigenvalue weighted by atomic mass is 16.6. The van der Waals surface area contributed by atoms with Crippen LogP contribution in [0.15, 0.2) is 89.3 Å². The second-order valence-corrected chi connectivity index (χ2v) is 8.95. The predicted octanol–water partition coefficient (Wildman–Crippen LogP) is 5.30. The summed E-state index contributed by atoms with van der Waals surface area (Å²) < 4.78 is 16.6. The molecular formula is C29H24N2O8. The number of aliphatic carboxylic acids is 1. The van der Waals surface area contributed by atoms with Crippen molar-refractivity contribution < 1.29 is 33.5 Å². The Bertz CT molecular complexity index is 1480. The van der Waals surface area contributed by atoms with Crippen molar-refractivity contribution in [2.75, 3.05) is 6.61 Å². The summed E-state index contributed by atoms with van der Waals surface area (Å²) in [4.78, 5) is 35.0. The maximum atomic E-state index is 12.6. The average Bonchev–Trinajstić information content (AvgIpc) is 3.52. The molecule has 4 aromatic rings. The molecule has 10 heteroatoms. The molecule has 1 heterocycles. The number of carboxylic acid groups (broad SMARTS) is 1. The van der Waals surface area contributed by atoms with E-state index in [2.05, 4.69) is 5.32 Å². The number of rotatable bonds is 10. The number of carboxylic acids is 1. The van der Waals surface area contributed by atoms with Crippen LogP contribution in [0.5, 0.6) is 5.75 Å². The van der Waals surface area contributed by atoms with Crippen LogP contribution in [0.4, 0.5) is 10.5 Å². The summed E-state index contributed by atoms with van der Waals surface area (Å²) in [6, 6.07) is 23.6. The van der Waals surface area contributed by atoms with Gasteiger partial charge in [0.2, 0.25) is 0 Å². The van der Waals surface area contributed by atoms with E-state index in [1.807, 2.05) is 48.5 Å². The normalized spacial score (nSPS) is 12.7. The number of nitrogens with one attached hydrogen (secondary N) is 1. The fourth-order valence-electron chi connectivity index (χ4n) is 4.67. The summed E-state index contributed by atoms with van der Waals surface area (Å²) in [5.74, 6) is -0.686. The number of para-hydroxylation sites is 2. The summed E-state index contributed by atoms with van der Waals surface area (Å²) in [7, 11) is 0. The van der Waals surface area contributed by atoms with Crippen molar-refractivity contribution in [2.24, 2.45) is 0 Å². The van der Waals surface area contributed by atoms with Gasteiger partial charge in [0.25, 0.3) is 0 Å². The number of alkyl carbamates (subject to hydrolysis) is 1. The second-order valence-electron chi connectivity index (χ2n) is 8.95. The average molecular weight is 529 g/mol. The lowest BCUT2D eigenvalue weighted by atomic mass is 9.98. The second kappa shape index (κ2) is 11.1. The number of amides is 1. The first-order chi connectivity index (χ1) is 18.9. The van der Waals surface area contributed by atoms with Gasteiger partial charge >= 0.3 is 17.7 Å². The third-order valence-electron chi connectivity index (χ3n) is 6.49. The van der Waals surface area contributed by atoms with Gasteiger partial charge in [-0.1, -0.05) is 60.7 Å². The molecule has 0 spiro atoms. The van der Waals surface area contributed by atoms with Gasteiger partial charge in [-0.3, -0.25) is 10.1 Å². The van der Waals surface area contributed by atoms with E-state index in [1.54, 1.807) is 18.2 Å². The molecule has 1 unspecified atom stereocenters. The molecule has 0 saturated carbocycles. The number of nitro benzene ring substituents is 1. The molecule has 39 heavy (non-hydrogen) atoms. The fourth-order valence-corrected chi connectivity index (χ4v) is 4.67. The molecule has 1 aromatic heterocycles. The molecule has 0 aliphatic heterocycles. The topological polar surface area (TPSA) is 141 Å². The number of nitro groups is 1. The van der Waals surface area contributed by atoms with Crippen molar-refractivity contribution in [3.05, 3.63) is 118 Å². The number of furan rings is 1. The van der Waals surface area contributed by atoms with Gasteiger partial charge in [-0.05, 0) is 40.5 Å². The van der Waals surface area contributed by atoms with Crippen LogP contribution in [-0.4, -0.2) is 34.7 Å². The lowest BCUT2D eigenvalue weighted by molar-refractivity contribution is -0.386. The Labute approximate surface area is 222 Å². The number of benzene rings is 3. The number of hydrogen-bond donors (Lipinski definition) is 2. The van der Waals surface area contributed by atoms with E-state index in [0.29, 0.717) is 11.5 Å². The van der Waals surface area contributed by atoms with Gasteiger partial charge < -0.3 is 24.3 Å². The first kappa shape index (κ1) is 25.5. The van der Waals surface area contributed by atoms with Crippen LogP contribution < -0.4 is 10.1 Å². The number of fused-ring (bicyclic) bond motifs is 3. The van der Waals surface area contributed by atoms with Gasteiger partial charge in [0, 0.05) is 18.4 Å². The van der Waals surface area contributed by atoms with Crippen molar-refractivity contribution in [2.45, 2.75) is 25.0 Å². The third-order valence-corrected chi connectivity index (χ3v) is 6.49. The first-order valence-corrected chi connectivity index (χ1v) is 12.2. The quantitative estimate of drug-likeness (QED) is 0.209. The third kappa shape index (κ3) is 5.59. The molecular weight excluding hydrogens is 504 g/mol. The smallest absolute Gasteiger partial charge is 0.407 e. The lowest BCUT2D eigenvalue weighted by Gasteiger charge is -2.17. The molecule has 10 nitrogen and oxygen atoms in total. The Balaban J connectivity index is 1.18. The molecule has 1 amide bonds. The molecule has 0 radical (unpaired) electrons. The number of nitrogens with zero attached hydrogens (tertiary/aromatic N) is 1. The van der Waals surface area contributed by atoms with Crippen molar-refractivity contribution in [1.29, 1.82) is 0 Å². The van der Waals surface area contributed by atoms with Gasteiger partial charge in [0.15, 0.2) is 5.75 Å². The van der Waals surface area contributed by atoms with Crippen molar-refractivity contribution in [3.63, 3.8) is 0 Å². The minimum absolute atomic E-state index is 0.0556. The molecule has 3 aromatic carbocycles. The van der Waals surface area contributed by atoms with Crippen LogP contribution >= 0.6 is 0 Å². The SMILES string of the molecule is O=C(NC(Cc1ccc(COc2ccccc2[N+](=O)[O-])o1)C(=O)O)OCC1c2ccccc2-c2ccccc21. The standard InChI is InChI=1S/C29H24N2O8/c32-28(33)25(15-18-13-14-19(39-18)16-37-27-12-6-5-11-26(27)31(35)36)30-29(34)38-17-24-22-9-3-1-7-20(22)21-8-2-4-10-23(21)24/h1-14,24-25H,15-17H2,(H,30,34)(H,32,33). The largest absolute Gasteiger partial charge is 0.480 e. The highest BCUT2D eigenvalue weighted by Gasteiger charge is 2.30. The minimum Gasteiger partial charge on any atom is -0.480 e. The first-order valence-electron chi connectivity index (χ1n) is 12.2.